The van der Waals surface area contributed by atoms with Gasteiger partial charge in [-0.15, -0.1) is 11.6 Å². The molecule has 0 spiro atoms. The Labute approximate surface area is 102 Å². The fourth-order valence-corrected chi connectivity index (χ4v) is 2.08. The highest BCUT2D eigenvalue weighted by Gasteiger charge is 2.10. The quantitative estimate of drug-likeness (QED) is 0.608. The molecule has 1 nitrogen and oxygen atoms in total. The van der Waals surface area contributed by atoms with Gasteiger partial charge in [0.25, 0.3) is 0 Å². The van der Waals surface area contributed by atoms with Gasteiger partial charge in [-0.05, 0) is 54.4 Å². The highest BCUT2D eigenvalue weighted by Crippen LogP contribution is 2.23. The molecule has 0 saturated carbocycles. The van der Waals surface area contributed by atoms with Gasteiger partial charge in [0, 0.05) is 10.1 Å². The van der Waals surface area contributed by atoms with Gasteiger partial charge < -0.3 is 4.90 Å². The van der Waals surface area contributed by atoms with Crippen LogP contribution in [0.1, 0.15) is 10.9 Å². The third-order valence-electron chi connectivity index (χ3n) is 1.83. The molecule has 0 aromatic heterocycles. The number of alkyl halides is 1. The standard InChI is InChI=1S/C10H12ClFIN/c1-14(2)6-8(11)7-3-4-9(12)10(13)5-7/h3-5,8H,6H2,1-2H3. The molecule has 0 aliphatic carbocycles. The van der Waals surface area contributed by atoms with E-state index in [-0.39, 0.29) is 11.2 Å². The number of benzene rings is 1. The van der Waals surface area contributed by atoms with Crippen molar-refractivity contribution >= 4 is 34.2 Å². The van der Waals surface area contributed by atoms with Gasteiger partial charge in [-0.25, -0.2) is 4.39 Å². The summed E-state index contributed by atoms with van der Waals surface area (Å²) in [7, 11) is 3.92. The van der Waals surface area contributed by atoms with Crippen molar-refractivity contribution in [2.75, 3.05) is 20.6 Å². The fraction of sp³-hybridized carbons (Fsp3) is 0.400. The molecule has 0 radical (unpaired) electrons. The second-order valence-corrected chi connectivity index (χ2v) is 5.09. The van der Waals surface area contributed by atoms with E-state index in [9.17, 15) is 4.39 Å². The minimum absolute atomic E-state index is 0.0842. The van der Waals surface area contributed by atoms with E-state index in [1.54, 1.807) is 12.1 Å². The molecule has 1 aromatic carbocycles. The fourth-order valence-electron chi connectivity index (χ4n) is 1.13. The van der Waals surface area contributed by atoms with Crippen molar-refractivity contribution < 1.29 is 4.39 Å². The van der Waals surface area contributed by atoms with Crippen molar-refractivity contribution in [2.45, 2.75) is 5.38 Å². The van der Waals surface area contributed by atoms with Crippen LogP contribution in [-0.2, 0) is 0 Å². The van der Waals surface area contributed by atoms with Crippen LogP contribution in [0.15, 0.2) is 18.2 Å². The molecular weight excluding hydrogens is 315 g/mol. The molecule has 0 aliphatic rings. The van der Waals surface area contributed by atoms with Crippen LogP contribution < -0.4 is 0 Å². The molecule has 1 atom stereocenters. The van der Waals surface area contributed by atoms with Crippen LogP contribution in [0, 0.1) is 9.39 Å². The van der Waals surface area contributed by atoms with E-state index < -0.39 is 0 Å². The summed E-state index contributed by atoms with van der Waals surface area (Å²) < 4.78 is 13.6. The molecule has 1 rings (SSSR count). The Hall–Kier alpha value is 0.130. The summed E-state index contributed by atoms with van der Waals surface area (Å²) >= 11 is 8.13. The Morgan fingerprint density at radius 2 is 2.14 bits per heavy atom. The lowest BCUT2D eigenvalue weighted by Crippen LogP contribution is -2.17. The zero-order chi connectivity index (χ0) is 10.7. The van der Waals surface area contributed by atoms with Crippen molar-refractivity contribution in [2.24, 2.45) is 0 Å². The zero-order valence-corrected chi connectivity index (χ0v) is 11.0. The predicted molar refractivity (Wildman–Crippen MR) is 66.3 cm³/mol. The third kappa shape index (κ3) is 3.37. The highest BCUT2D eigenvalue weighted by atomic mass is 127. The first kappa shape index (κ1) is 12.2. The molecule has 4 heteroatoms. The Kier molecular flexibility index (Phi) is 4.60. The van der Waals surface area contributed by atoms with Crippen molar-refractivity contribution in [3.05, 3.63) is 33.1 Å². The number of likely N-dealkylation sites (N-methyl/N-ethyl adjacent to an activating group) is 1. The summed E-state index contributed by atoms with van der Waals surface area (Å²) in [4.78, 5) is 2.01. The molecule has 78 valence electrons. The molecular formula is C10H12ClFIN. The molecule has 14 heavy (non-hydrogen) atoms. The summed E-state index contributed by atoms with van der Waals surface area (Å²) in [5, 5.41) is -0.0842. The van der Waals surface area contributed by atoms with Gasteiger partial charge in [0.2, 0.25) is 0 Å². The Balaban J connectivity index is 2.80. The number of hydrogen-bond donors (Lipinski definition) is 0. The van der Waals surface area contributed by atoms with E-state index in [0.717, 1.165) is 12.1 Å². The molecule has 0 aliphatic heterocycles. The largest absolute Gasteiger partial charge is 0.308 e. The Bertz CT molecular complexity index is 317. The maximum Gasteiger partial charge on any atom is 0.136 e. The molecule has 0 saturated heterocycles. The topological polar surface area (TPSA) is 3.24 Å². The van der Waals surface area contributed by atoms with E-state index in [1.165, 1.54) is 6.07 Å². The molecule has 0 amide bonds. The average Bonchev–Trinajstić information content (AvgIpc) is 2.08. The van der Waals surface area contributed by atoms with Crippen LogP contribution in [0.25, 0.3) is 0 Å². The average molecular weight is 328 g/mol. The summed E-state index contributed by atoms with van der Waals surface area (Å²) in [6, 6.07) is 4.98. The van der Waals surface area contributed by atoms with Gasteiger partial charge in [-0.3, -0.25) is 0 Å². The van der Waals surface area contributed by atoms with E-state index in [2.05, 4.69) is 0 Å². The number of rotatable bonds is 3. The maximum absolute atomic E-state index is 13.0. The maximum atomic E-state index is 13.0. The van der Waals surface area contributed by atoms with Crippen LogP contribution in [-0.4, -0.2) is 25.5 Å². The molecule has 1 aromatic rings. The summed E-state index contributed by atoms with van der Waals surface area (Å²) in [6.45, 7) is 0.753. The van der Waals surface area contributed by atoms with Crippen LogP contribution in [0.3, 0.4) is 0 Å². The second-order valence-electron chi connectivity index (χ2n) is 3.40. The van der Waals surface area contributed by atoms with Crippen molar-refractivity contribution in [3.63, 3.8) is 0 Å². The lowest BCUT2D eigenvalue weighted by atomic mass is 10.1. The second kappa shape index (κ2) is 5.28. The Morgan fingerprint density at radius 3 is 2.64 bits per heavy atom. The smallest absolute Gasteiger partial charge is 0.136 e. The summed E-state index contributed by atoms with van der Waals surface area (Å²) in [6.07, 6.45) is 0. The first-order valence-corrected chi connectivity index (χ1v) is 5.76. The SMILES string of the molecule is CN(C)CC(Cl)c1ccc(F)c(I)c1. The van der Waals surface area contributed by atoms with E-state index >= 15 is 0 Å². The lowest BCUT2D eigenvalue weighted by Gasteiger charge is -2.15. The van der Waals surface area contributed by atoms with Crippen LogP contribution >= 0.6 is 34.2 Å². The van der Waals surface area contributed by atoms with Gasteiger partial charge in [0.05, 0.1) is 5.38 Å². The van der Waals surface area contributed by atoms with Crippen molar-refractivity contribution in [3.8, 4) is 0 Å². The van der Waals surface area contributed by atoms with Crippen molar-refractivity contribution in [1.82, 2.24) is 4.90 Å². The number of nitrogens with zero attached hydrogens (tertiary/aromatic N) is 1. The summed E-state index contributed by atoms with van der Waals surface area (Å²) in [5.74, 6) is -0.192. The molecule has 0 bridgehead atoms. The highest BCUT2D eigenvalue weighted by molar-refractivity contribution is 14.1. The minimum atomic E-state index is -0.192. The van der Waals surface area contributed by atoms with Gasteiger partial charge in [-0.1, -0.05) is 6.07 Å². The molecule has 1 unspecified atom stereocenters. The van der Waals surface area contributed by atoms with Gasteiger partial charge in [0.15, 0.2) is 0 Å². The first-order chi connectivity index (χ1) is 6.50. The van der Waals surface area contributed by atoms with E-state index in [0.29, 0.717) is 3.57 Å². The minimum Gasteiger partial charge on any atom is -0.308 e. The normalized spacial score (nSPS) is 13.3. The first-order valence-electron chi connectivity index (χ1n) is 4.24. The molecule has 0 N–H and O–H groups in total. The molecule has 0 heterocycles. The van der Waals surface area contributed by atoms with Crippen LogP contribution in [0.5, 0.6) is 0 Å². The number of hydrogen-bond acceptors (Lipinski definition) is 1. The van der Waals surface area contributed by atoms with Crippen molar-refractivity contribution in [1.29, 1.82) is 0 Å². The monoisotopic (exact) mass is 327 g/mol. The van der Waals surface area contributed by atoms with Gasteiger partial charge in [-0.2, -0.15) is 0 Å². The van der Waals surface area contributed by atoms with Crippen LogP contribution in [0.4, 0.5) is 4.39 Å². The van der Waals surface area contributed by atoms with E-state index in [1.807, 2.05) is 41.6 Å². The zero-order valence-electron chi connectivity index (χ0n) is 8.10. The third-order valence-corrected chi connectivity index (χ3v) is 3.05. The predicted octanol–water partition coefficient (Wildman–Crippen LogP) is 3.27. The van der Waals surface area contributed by atoms with Gasteiger partial charge in [0.1, 0.15) is 5.82 Å². The van der Waals surface area contributed by atoms with Gasteiger partial charge >= 0.3 is 0 Å². The van der Waals surface area contributed by atoms with Crippen LogP contribution in [0.2, 0.25) is 0 Å². The molecule has 0 fully saturated rings. The lowest BCUT2D eigenvalue weighted by molar-refractivity contribution is 0.407. The summed E-state index contributed by atoms with van der Waals surface area (Å²) in [5.41, 5.74) is 0.964. The Morgan fingerprint density at radius 1 is 1.50 bits per heavy atom. The number of halogens is 3. The van der Waals surface area contributed by atoms with E-state index in [4.69, 9.17) is 11.6 Å².